The molecular formula is C20H17N3O. The van der Waals surface area contributed by atoms with Gasteiger partial charge in [0.1, 0.15) is 0 Å². The van der Waals surface area contributed by atoms with Crippen molar-refractivity contribution in [3.63, 3.8) is 0 Å². The summed E-state index contributed by atoms with van der Waals surface area (Å²) in [5.74, 6) is 0. The molecule has 0 aliphatic carbocycles. The number of fused-ring (bicyclic) bond motifs is 1. The van der Waals surface area contributed by atoms with E-state index < -0.39 is 0 Å². The maximum absolute atomic E-state index is 5.33. The number of hydrogen-bond acceptors (Lipinski definition) is 3. The highest BCUT2D eigenvalue weighted by Crippen LogP contribution is 2.33. The minimum atomic E-state index is 0.704. The second-order valence-electron chi connectivity index (χ2n) is 5.73. The SMILES string of the molecule is C=CCn1cnc(-c2ccccc2)c1-c1ccc2onc(C)c2c1. The van der Waals surface area contributed by atoms with Crippen LogP contribution in [0.2, 0.25) is 0 Å². The van der Waals surface area contributed by atoms with Gasteiger partial charge in [0.2, 0.25) is 0 Å². The van der Waals surface area contributed by atoms with E-state index in [1.54, 1.807) is 0 Å². The molecule has 0 aliphatic rings. The summed E-state index contributed by atoms with van der Waals surface area (Å²) >= 11 is 0. The molecule has 0 spiro atoms. The largest absolute Gasteiger partial charge is 0.356 e. The van der Waals surface area contributed by atoms with Gasteiger partial charge in [0, 0.05) is 23.1 Å². The van der Waals surface area contributed by atoms with Gasteiger partial charge in [-0.2, -0.15) is 0 Å². The number of aromatic nitrogens is 3. The van der Waals surface area contributed by atoms with E-state index in [1.165, 1.54) is 0 Å². The Bertz CT molecular complexity index is 1010. The number of aryl methyl sites for hydroxylation is 1. The zero-order valence-electron chi connectivity index (χ0n) is 13.4. The molecule has 0 bridgehead atoms. The first-order chi connectivity index (χ1) is 11.8. The number of nitrogens with zero attached hydrogens (tertiary/aromatic N) is 3. The highest BCUT2D eigenvalue weighted by Gasteiger charge is 2.16. The second-order valence-corrected chi connectivity index (χ2v) is 5.73. The Morgan fingerprint density at radius 3 is 2.75 bits per heavy atom. The van der Waals surface area contributed by atoms with Crippen molar-refractivity contribution < 1.29 is 4.52 Å². The zero-order chi connectivity index (χ0) is 16.5. The molecule has 0 N–H and O–H groups in total. The molecule has 2 heterocycles. The number of allylic oxidation sites excluding steroid dienone is 1. The summed E-state index contributed by atoms with van der Waals surface area (Å²) in [7, 11) is 0. The van der Waals surface area contributed by atoms with Crippen LogP contribution in [0, 0.1) is 6.92 Å². The fourth-order valence-electron chi connectivity index (χ4n) is 2.98. The average molecular weight is 315 g/mol. The molecule has 0 saturated carbocycles. The second kappa shape index (κ2) is 5.81. The van der Waals surface area contributed by atoms with Crippen LogP contribution in [-0.2, 0) is 6.54 Å². The monoisotopic (exact) mass is 315 g/mol. The Morgan fingerprint density at radius 2 is 1.96 bits per heavy atom. The fraction of sp³-hybridized carbons (Fsp3) is 0.100. The van der Waals surface area contributed by atoms with Crippen LogP contribution >= 0.6 is 0 Å². The predicted molar refractivity (Wildman–Crippen MR) is 95.6 cm³/mol. The van der Waals surface area contributed by atoms with Crippen molar-refractivity contribution in [1.29, 1.82) is 0 Å². The molecule has 4 aromatic rings. The molecular weight excluding hydrogens is 298 g/mol. The van der Waals surface area contributed by atoms with Gasteiger partial charge in [-0.15, -0.1) is 6.58 Å². The third-order valence-corrected chi connectivity index (χ3v) is 4.13. The Hall–Kier alpha value is -3.14. The third kappa shape index (κ3) is 2.33. The van der Waals surface area contributed by atoms with Crippen molar-refractivity contribution >= 4 is 11.0 Å². The topological polar surface area (TPSA) is 43.9 Å². The Labute approximate surface area is 140 Å². The lowest BCUT2D eigenvalue weighted by molar-refractivity contribution is 0.450. The van der Waals surface area contributed by atoms with E-state index >= 15 is 0 Å². The van der Waals surface area contributed by atoms with E-state index in [1.807, 2.05) is 43.6 Å². The predicted octanol–water partition coefficient (Wildman–Crippen LogP) is 4.85. The molecule has 0 amide bonds. The molecule has 0 radical (unpaired) electrons. The first-order valence-electron chi connectivity index (χ1n) is 7.86. The molecule has 0 aliphatic heterocycles. The summed E-state index contributed by atoms with van der Waals surface area (Å²) in [5.41, 5.74) is 5.91. The lowest BCUT2D eigenvalue weighted by atomic mass is 10.0. The molecule has 4 rings (SSSR count). The molecule has 2 aromatic carbocycles. The van der Waals surface area contributed by atoms with E-state index in [2.05, 4.69) is 45.6 Å². The lowest BCUT2D eigenvalue weighted by Crippen LogP contribution is -1.97. The maximum Gasteiger partial charge on any atom is 0.167 e. The Balaban J connectivity index is 1.95. The summed E-state index contributed by atoms with van der Waals surface area (Å²) in [4.78, 5) is 4.65. The highest BCUT2D eigenvalue weighted by molar-refractivity contribution is 5.87. The summed E-state index contributed by atoms with van der Waals surface area (Å²) in [6.07, 6.45) is 3.74. The first kappa shape index (κ1) is 14.5. The summed E-state index contributed by atoms with van der Waals surface area (Å²) in [6.45, 7) is 6.51. The fourth-order valence-corrected chi connectivity index (χ4v) is 2.98. The summed E-state index contributed by atoms with van der Waals surface area (Å²) in [6, 6.07) is 16.3. The standard InChI is InChI=1S/C20H17N3O/c1-3-11-23-13-21-19(15-7-5-4-6-8-15)20(23)16-9-10-18-17(12-16)14(2)22-24-18/h3-10,12-13H,1,11H2,2H3. The van der Waals surface area contributed by atoms with Gasteiger partial charge in [-0.1, -0.05) is 41.6 Å². The van der Waals surface area contributed by atoms with Crippen LogP contribution in [0.25, 0.3) is 33.5 Å². The van der Waals surface area contributed by atoms with Crippen LogP contribution < -0.4 is 0 Å². The van der Waals surface area contributed by atoms with Crippen LogP contribution in [0.15, 0.2) is 72.0 Å². The van der Waals surface area contributed by atoms with E-state index in [-0.39, 0.29) is 0 Å². The minimum absolute atomic E-state index is 0.704. The van der Waals surface area contributed by atoms with Crippen LogP contribution in [0.4, 0.5) is 0 Å². The van der Waals surface area contributed by atoms with Gasteiger partial charge < -0.3 is 9.09 Å². The zero-order valence-corrected chi connectivity index (χ0v) is 13.4. The van der Waals surface area contributed by atoms with Gasteiger partial charge in [0.05, 0.1) is 23.4 Å². The van der Waals surface area contributed by atoms with Gasteiger partial charge in [-0.3, -0.25) is 0 Å². The number of hydrogen-bond donors (Lipinski definition) is 0. The molecule has 2 aromatic heterocycles. The third-order valence-electron chi connectivity index (χ3n) is 4.13. The van der Waals surface area contributed by atoms with Gasteiger partial charge in [0.25, 0.3) is 0 Å². The molecule has 0 fully saturated rings. The van der Waals surface area contributed by atoms with Crippen molar-refractivity contribution in [2.45, 2.75) is 13.5 Å². The number of benzene rings is 2. The van der Waals surface area contributed by atoms with Gasteiger partial charge >= 0.3 is 0 Å². The van der Waals surface area contributed by atoms with Gasteiger partial charge in [-0.25, -0.2) is 4.98 Å². The molecule has 0 saturated heterocycles. The molecule has 118 valence electrons. The van der Waals surface area contributed by atoms with Crippen LogP contribution in [0.5, 0.6) is 0 Å². The molecule has 4 nitrogen and oxygen atoms in total. The number of rotatable bonds is 4. The number of imidazole rings is 1. The molecule has 4 heteroatoms. The highest BCUT2D eigenvalue weighted by atomic mass is 16.5. The molecule has 24 heavy (non-hydrogen) atoms. The van der Waals surface area contributed by atoms with Crippen LogP contribution in [0.3, 0.4) is 0 Å². The van der Waals surface area contributed by atoms with Gasteiger partial charge in [-0.05, 0) is 25.1 Å². The van der Waals surface area contributed by atoms with Crippen molar-refractivity contribution in [3.8, 4) is 22.5 Å². The van der Waals surface area contributed by atoms with E-state index in [9.17, 15) is 0 Å². The quantitative estimate of drug-likeness (QED) is 0.505. The van der Waals surface area contributed by atoms with Crippen molar-refractivity contribution in [3.05, 3.63) is 73.2 Å². The van der Waals surface area contributed by atoms with Crippen LogP contribution in [-0.4, -0.2) is 14.7 Å². The first-order valence-corrected chi connectivity index (χ1v) is 7.86. The van der Waals surface area contributed by atoms with E-state index in [4.69, 9.17) is 4.52 Å². The van der Waals surface area contributed by atoms with E-state index in [0.29, 0.717) is 6.54 Å². The summed E-state index contributed by atoms with van der Waals surface area (Å²) in [5, 5.41) is 5.07. The van der Waals surface area contributed by atoms with Gasteiger partial charge in [0.15, 0.2) is 5.58 Å². The Kier molecular flexibility index (Phi) is 3.50. The van der Waals surface area contributed by atoms with E-state index in [0.717, 1.165) is 39.2 Å². The minimum Gasteiger partial charge on any atom is -0.356 e. The van der Waals surface area contributed by atoms with Crippen molar-refractivity contribution in [1.82, 2.24) is 14.7 Å². The molecule has 0 atom stereocenters. The lowest BCUT2D eigenvalue weighted by Gasteiger charge is -2.09. The molecule has 0 unspecified atom stereocenters. The van der Waals surface area contributed by atoms with Crippen molar-refractivity contribution in [2.24, 2.45) is 0 Å². The Morgan fingerprint density at radius 1 is 1.12 bits per heavy atom. The van der Waals surface area contributed by atoms with Crippen LogP contribution in [0.1, 0.15) is 5.69 Å². The average Bonchev–Trinajstić information content (AvgIpc) is 3.20. The van der Waals surface area contributed by atoms with Crippen molar-refractivity contribution in [2.75, 3.05) is 0 Å². The smallest absolute Gasteiger partial charge is 0.167 e. The summed E-state index contributed by atoms with van der Waals surface area (Å²) < 4.78 is 7.44. The normalized spacial score (nSPS) is 11.0. The maximum atomic E-state index is 5.33.